The Morgan fingerprint density at radius 2 is 2.20 bits per heavy atom. The van der Waals surface area contributed by atoms with Gasteiger partial charge in [0.2, 0.25) is 0 Å². The maximum atomic E-state index is 10.1. The Labute approximate surface area is 60.2 Å². The third-order valence-electron chi connectivity index (χ3n) is 0.846. The largest absolute Gasteiger partial charge is 0.481 e. The SMILES string of the molecule is C=C/C=C\C(=C)CC(=O)O. The van der Waals surface area contributed by atoms with Crippen LogP contribution in [0.3, 0.4) is 0 Å². The molecular formula is C8H10O2. The van der Waals surface area contributed by atoms with Crippen LogP contribution in [0, 0.1) is 0 Å². The third kappa shape index (κ3) is 4.84. The van der Waals surface area contributed by atoms with Gasteiger partial charge in [-0.15, -0.1) is 0 Å². The van der Waals surface area contributed by atoms with Crippen molar-refractivity contribution in [2.45, 2.75) is 6.42 Å². The van der Waals surface area contributed by atoms with Gasteiger partial charge in [-0.1, -0.05) is 31.4 Å². The lowest BCUT2D eigenvalue weighted by Gasteiger charge is -1.90. The molecular weight excluding hydrogens is 128 g/mol. The van der Waals surface area contributed by atoms with E-state index >= 15 is 0 Å². The lowest BCUT2D eigenvalue weighted by atomic mass is 10.2. The molecule has 1 N–H and O–H groups in total. The van der Waals surface area contributed by atoms with Gasteiger partial charge >= 0.3 is 5.97 Å². The quantitative estimate of drug-likeness (QED) is 0.601. The molecule has 0 bridgehead atoms. The van der Waals surface area contributed by atoms with E-state index in [0.29, 0.717) is 5.57 Å². The first-order chi connectivity index (χ1) is 4.66. The van der Waals surface area contributed by atoms with Gasteiger partial charge < -0.3 is 5.11 Å². The molecule has 0 aliphatic rings. The molecule has 0 amide bonds. The average molecular weight is 138 g/mol. The first kappa shape index (κ1) is 8.69. The molecule has 0 saturated heterocycles. The number of allylic oxidation sites excluding steroid dienone is 3. The van der Waals surface area contributed by atoms with Gasteiger partial charge in [0.05, 0.1) is 6.42 Å². The lowest BCUT2D eigenvalue weighted by molar-refractivity contribution is -0.136. The third-order valence-corrected chi connectivity index (χ3v) is 0.846. The maximum absolute atomic E-state index is 10.1. The molecule has 2 heteroatoms. The molecule has 54 valence electrons. The minimum Gasteiger partial charge on any atom is -0.481 e. The highest BCUT2D eigenvalue weighted by molar-refractivity contribution is 5.70. The van der Waals surface area contributed by atoms with E-state index in [2.05, 4.69) is 13.2 Å². The Kier molecular flexibility index (Phi) is 3.96. The molecule has 0 atom stereocenters. The van der Waals surface area contributed by atoms with Gasteiger partial charge in [0.15, 0.2) is 0 Å². The second-order valence-electron chi connectivity index (χ2n) is 1.82. The van der Waals surface area contributed by atoms with E-state index < -0.39 is 5.97 Å². The summed E-state index contributed by atoms with van der Waals surface area (Å²) in [6.07, 6.45) is 4.85. The highest BCUT2D eigenvalue weighted by Gasteiger charge is 1.95. The summed E-state index contributed by atoms with van der Waals surface area (Å²) < 4.78 is 0. The van der Waals surface area contributed by atoms with Crippen LogP contribution in [0.5, 0.6) is 0 Å². The molecule has 0 spiro atoms. The van der Waals surface area contributed by atoms with E-state index in [0.717, 1.165) is 0 Å². The Hall–Kier alpha value is -1.31. The van der Waals surface area contributed by atoms with E-state index in [4.69, 9.17) is 5.11 Å². The maximum Gasteiger partial charge on any atom is 0.307 e. The first-order valence-corrected chi connectivity index (χ1v) is 2.85. The summed E-state index contributed by atoms with van der Waals surface area (Å²) in [5.41, 5.74) is 0.576. The fraction of sp³-hybridized carbons (Fsp3) is 0.125. The molecule has 0 aromatic carbocycles. The number of aliphatic carboxylic acids is 1. The minimum atomic E-state index is -0.862. The van der Waals surface area contributed by atoms with Crippen LogP contribution in [-0.4, -0.2) is 11.1 Å². The number of carboxylic acids is 1. The van der Waals surface area contributed by atoms with Crippen molar-refractivity contribution in [2.75, 3.05) is 0 Å². The van der Waals surface area contributed by atoms with E-state index in [-0.39, 0.29) is 6.42 Å². The molecule has 0 rings (SSSR count). The Bertz CT molecular complexity index is 178. The summed E-state index contributed by atoms with van der Waals surface area (Å²) >= 11 is 0. The van der Waals surface area contributed by atoms with Gasteiger partial charge in [-0.2, -0.15) is 0 Å². The molecule has 0 heterocycles. The minimum absolute atomic E-state index is 0.00958. The highest BCUT2D eigenvalue weighted by Crippen LogP contribution is 1.98. The number of hydrogen-bond donors (Lipinski definition) is 1. The number of carbonyl (C=O) groups is 1. The first-order valence-electron chi connectivity index (χ1n) is 2.85. The predicted molar refractivity (Wildman–Crippen MR) is 40.7 cm³/mol. The van der Waals surface area contributed by atoms with Gasteiger partial charge in [0.25, 0.3) is 0 Å². The number of rotatable bonds is 4. The van der Waals surface area contributed by atoms with Crippen molar-refractivity contribution in [3.05, 3.63) is 37.0 Å². The number of hydrogen-bond acceptors (Lipinski definition) is 1. The molecule has 0 aromatic rings. The zero-order valence-corrected chi connectivity index (χ0v) is 5.71. The van der Waals surface area contributed by atoms with Crippen LogP contribution in [0.2, 0.25) is 0 Å². The van der Waals surface area contributed by atoms with E-state index in [9.17, 15) is 4.79 Å². The summed E-state index contributed by atoms with van der Waals surface area (Å²) in [6, 6.07) is 0. The second kappa shape index (κ2) is 4.56. The number of carboxylic acid groups (broad SMARTS) is 1. The van der Waals surface area contributed by atoms with Crippen LogP contribution in [0.15, 0.2) is 37.0 Å². The molecule has 0 unspecified atom stereocenters. The van der Waals surface area contributed by atoms with Crippen molar-refractivity contribution >= 4 is 5.97 Å². The van der Waals surface area contributed by atoms with Crippen molar-refractivity contribution in [3.8, 4) is 0 Å². The molecule has 2 nitrogen and oxygen atoms in total. The Morgan fingerprint density at radius 3 is 2.60 bits per heavy atom. The van der Waals surface area contributed by atoms with Crippen LogP contribution in [0.25, 0.3) is 0 Å². The van der Waals surface area contributed by atoms with Crippen molar-refractivity contribution < 1.29 is 9.90 Å². The van der Waals surface area contributed by atoms with Gasteiger partial charge in [0.1, 0.15) is 0 Å². The van der Waals surface area contributed by atoms with Crippen LogP contribution < -0.4 is 0 Å². The van der Waals surface area contributed by atoms with Crippen LogP contribution in [0.4, 0.5) is 0 Å². The van der Waals surface area contributed by atoms with E-state index in [1.807, 2.05) is 0 Å². The normalized spacial score (nSPS) is 9.60. The van der Waals surface area contributed by atoms with Crippen molar-refractivity contribution in [3.63, 3.8) is 0 Å². The van der Waals surface area contributed by atoms with Crippen LogP contribution >= 0.6 is 0 Å². The predicted octanol–water partition coefficient (Wildman–Crippen LogP) is 1.76. The molecule has 0 aromatic heterocycles. The van der Waals surface area contributed by atoms with Crippen molar-refractivity contribution in [2.24, 2.45) is 0 Å². The Balaban J connectivity index is 3.75. The zero-order chi connectivity index (χ0) is 7.98. The molecule has 0 radical (unpaired) electrons. The summed E-state index contributed by atoms with van der Waals surface area (Å²) in [7, 11) is 0. The topological polar surface area (TPSA) is 37.3 Å². The summed E-state index contributed by atoms with van der Waals surface area (Å²) in [5.74, 6) is -0.862. The summed E-state index contributed by atoms with van der Waals surface area (Å²) in [6.45, 7) is 6.95. The van der Waals surface area contributed by atoms with Crippen LogP contribution in [-0.2, 0) is 4.79 Å². The van der Waals surface area contributed by atoms with E-state index in [1.54, 1.807) is 18.2 Å². The molecule has 0 aliphatic heterocycles. The lowest BCUT2D eigenvalue weighted by Crippen LogP contribution is -1.93. The average Bonchev–Trinajstić information content (AvgIpc) is 1.82. The van der Waals surface area contributed by atoms with Crippen molar-refractivity contribution in [1.82, 2.24) is 0 Å². The van der Waals surface area contributed by atoms with Crippen LogP contribution in [0.1, 0.15) is 6.42 Å². The zero-order valence-electron chi connectivity index (χ0n) is 5.71. The monoisotopic (exact) mass is 138 g/mol. The standard InChI is InChI=1S/C8H10O2/c1-3-4-5-7(2)6-8(9)10/h3-5H,1-2,6H2,(H,9,10)/b5-4-. The summed E-state index contributed by atoms with van der Waals surface area (Å²) in [4.78, 5) is 10.1. The molecule has 0 aliphatic carbocycles. The fourth-order valence-corrected chi connectivity index (χ4v) is 0.457. The molecule has 10 heavy (non-hydrogen) atoms. The van der Waals surface area contributed by atoms with Crippen molar-refractivity contribution in [1.29, 1.82) is 0 Å². The van der Waals surface area contributed by atoms with Gasteiger partial charge in [-0.05, 0) is 5.57 Å². The smallest absolute Gasteiger partial charge is 0.307 e. The van der Waals surface area contributed by atoms with Gasteiger partial charge in [-0.25, -0.2) is 0 Å². The molecule has 0 saturated carbocycles. The van der Waals surface area contributed by atoms with Gasteiger partial charge in [-0.3, -0.25) is 4.79 Å². The van der Waals surface area contributed by atoms with Gasteiger partial charge in [0, 0.05) is 0 Å². The fourth-order valence-electron chi connectivity index (χ4n) is 0.457. The Morgan fingerprint density at radius 1 is 1.60 bits per heavy atom. The molecule has 0 fully saturated rings. The highest BCUT2D eigenvalue weighted by atomic mass is 16.4. The summed E-state index contributed by atoms with van der Waals surface area (Å²) in [5, 5.41) is 8.26. The van der Waals surface area contributed by atoms with E-state index in [1.165, 1.54) is 0 Å². The second-order valence-corrected chi connectivity index (χ2v) is 1.82.